The Labute approximate surface area is 220 Å². The number of primary amides is 1. The van der Waals surface area contributed by atoms with E-state index in [-0.39, 0.29) is 5.56 Å². The first kappa shape index (κ1) is 23.3. The van der Waals surface area contributed by atoms with Crippen LogP contribution >= 0.6 is 11.6 Å². The molecule has 0 aliphatic heterocycles. The van der Waals surface area contributed by atoms with Gasteiger partial charge in [0.1, 0.15) is 0 Å². The average Bonchev–Trinajstić information content (AvgIpc) is 2.93. The Morgan fingerprint density at radius 1 is 0.842 bits per heavy atom. The topological polar surface area (TPSA) is 124 Å². The fraction of sp³-hybridized carbons (Fsp3) is 0. The molecule has 3 aromatic carbocycles. The van der Waals surface area contributed by atoms with E-state index in [9.17, 15) is 14.4 Å². The quantitative estimate of drug-likeness (QED) is 0.349. The third-order valence-electron chi connectivity index (χ3n) is 6.42. The van der Waals surface area contributed by atoms with Crippen molar-refractivity contribution >= 4 is 39.2 Å². The highest BCUT2D eigenvalue weighted by molar-refractivity contribution is 6.34. The van der Waals surface area contributed by atoms with Crippen LogP contribution in [0.15, 0.2) is 101 Å². The van der Waals surface area contributed by atoms with Crippen molar-refractivity contribution in [3.05, 3.63) is 123 Å². The number of hydrogen-bond acceptors (Lipinski definition) is 5. The van der Waals surface area contributed by atoms with Crippen LogP contribution in [0.3, 0.4) is 0 Å². The Hall–Kier alpha value is -5.08. The highest BCUT2D eigenvalue weighted by Gasteiger charge is 2.17. The number of H-pyrrole nitrogens is 1. The van der Waals surface area contributed by atoms with Gasteiger partial charge in [0.05, 0.1) is 28.4 Å². The van der Waals surface area contributed by atoms with E-state index in [0.29, 0.717) is 43.9 Å². The van der Waals surface area contributed by atoms with Crippen LogP contribution < -0.4 is 17.0 Å². The third kappa shape index (κ3) is 3.84. The van der Waals surface area contributed by atoms with Crippen molar-refractivity contribution in [3.63, 3.8) is 0 Å². The molecule has 6 aromatic rings. The van der Waals surface area contributed by atoms with Gasteiger partial charge in [0.25, 0.3) is 5.56 Å². The summed E-state index contributed by atoms with van der Waals surface area (Å²) in [6, 6.07) is 19.6. The monoisotopic (exact) mass is 519 g/mol. The Kier molecular flexibility index (Phi) is 5.58. The van der Waals surface area contributed by atoms with Crippen molar-refractivity contribution in [3.8, 4) is 27.9 Å². The van der Waals surface area contributed by atoms with Crippen LogP contribution in [0.25, 0.3) is 49.6 Å². The van der Waals surface area contributed by atoms with Gasteiger partial charge in [0.2, 0.25) is 5.91 Å². The largest absolute Gasteiger partial charge is 0.366 e. The van der Waals surface area contributed by atoms with E-state index in [0.717, 1.165) is 15.3 Å². The number of carbonyl (C=O) groups excluding carboxylic acids is 1. The van der Waals surface area contributed by atoms with Gasteiger partial charge >= 0.3 is 5.69 Å². The molecular formula is C29H18ClN5O3. The zero-order valence-corrected chi connectivity index (χ0v) is 20.4. The highest BCUT2D eigenvalue weighted by atomic mass is 35.5. The Bertz CT molecular complexity index is 2020. The van der Waals surface area contributed by atoms with Crippen LogP contribution in [0.2, 0.25) is 5.02 Å². The number of hydrogen-bond donors (Lipinski definition) is 2. The minimum atomic E-state index is -0.594. The predicted octanol–water partition coefficient (Wildman–Crippen LogP) is 4.71. The molecule has 9 heteroatoms. The second kappa shape index (κ2) is 9.10. The second-order valence-corrected chi connectivity index (χ2v) is 9.11. The van der Waals surface area contributed by atoms with E-state index >= 15 is 0 Å². The fourth-order valence-electron chi connectivity index (χ4n) is 4.65. The molecule has 0 radical (unpaired) electrons. The number of aromatic amines is 1. The smallest absolute Gasteiger partial charge is 0.333 e. The number of nitrogens with zero attached hydrogens (tertiary/aromatic N) is 3. The van der Waals surface area contributed by atoms with Crippen molar-refractivity contribution < 1.29 is 4.79 Å². The van der Waals surface area contributed by atoms with E-state index < -0.39 is 17.2 Å². The molecule has 3 aromatic heterocycles. The number of rotatable bonds is 4. The highest BCUT2D eigenvalue weighted by Crippen LogP contribution is 2.38. The molecule has 0 spiro atoms. The summed E-state index contributed by atoms with van der Waals surface area (Å²) in [4.78, 5) is 49.6. The molecule has 0 aliphatic rings. The first-order valence-electron chi connectivity index (χ1n) is 11.6. The fourth-order valence-corrected chi connectivity index (χ4v) is 4.93. The number of benzene rings is 3. The Morgan fingerprint density at radius 3 is 2.50 bits per heavy atom. The number of pyridine rings is 2. The van der Waals surface area contributed by atoms with Gasteiger partial charge in [-0.3, -0.25) is 19.6 Å². The van der Waals surface area contributed by atoms with Gasteiger partial charge in [-0.25, -0.2) is 9.36 Å². The molecule has 184 valence electrons. The standard InChI is InChI=1S/C29H18ClN5O3/c30-23-7-3-6-21(18-10-19(27(31)36)14-32-13-18)26(23)16-8-9-22-24(11-16)34-29(38)35(28(22)37)25-15-33-12-17-4-1-2-5-20(17)25/h1-15H,(H2,31,36)(H,34,38). The van der Waals surface area contributed by atoms with E-state index in [1.807, 2.05) is 30.3 Å². The van der Waals surface area contributed by atoms with Crippen molar-refractivity contribution in [2.24, 2.45) is 5.73 Å². The number of halogens is 1. The maximum Gasteiger partial charge on any atom is 0.333 e. The first-order valence-corrected chi connectivity index (χ1v) is 12.0. The molecule has 3 N–H and O–H groups in total. The number of nitrogens with two attached hydrogens (primary N) is 1. The summed E-state index contributed by atoms with van der Waals surface area (Å²) >= 11 is 6.63. The molecule has 0 atom stereocenters. The number of carbonyl (C=O) groups is 1. The molecule has 0 fully saturated rings. The summed E-state index contributed by atoms with van der Waals surface area (Å²) in [6.07, 6.45) is 6.19. The zero-order valence-electron chi connectivity index (χ0n) is 19.7. The number of fused-ring (bicyclic) bond motifs is 2. The van der Waals surface area contributed by atoms with Crippen LogP contribution in [0, 0.1) is 0 Å². The lowest BCUT2D eigenvalue weighted by Gasteiger charge is -2.14. The molecule has 0 saturated heterocycles. The molecule has 1 amide bonds. The van der Waals surface area contributed by atoms with E-state index in [1.165, 1.54) is 12.4 Å². The van der Waals surface area contributed by atoms with Gasteiger partial charge < -0.3 is 10.7 Å². The molecular weight excluding hydrogens is 502 g/mol. The van der Waals surface area contributed by atoms with Gasteiger partial charge in [0.15, 0.2) is 0 Å². The van der Waals surface area contributed by atoms with Gasteiger partial charge in [0, 0.05) is 45.5 Å². The molecule has 3 heterocycles. The predicted molar refractivity (Wildman–Crippen MR) is 148 cm³/mol. The van der Waals surface area contributed by atoms with Crippen molar-refractivity contribution in [1.29, 1.82) is 0 Å². The molecule has 0 aliphatic carbocycles. The molecule has 0 saturated carbocycles. The molecule has 0 bridgehead atoms. The van der Waals surface area contributed by atoms with Crippen molar-refractivity contribution in [1.82, 2.24) is 19.5 Å². The first-order chi connectivity index (χ1) is 18.4. The van der Waals surface area contributed by atoms with Crippen LogP contribution in [-0.2, 0) is 0 Å². The van der Waals surface area contributed by atoms with Crippen molar-refractivity contribution in [2.75, 3.05) is 0 Å². The van der Waals surface area contributed by atoms with E-state index in [2.05, 4.69) is 15.0 Å². The maximum atomic E-state index is 13.5. The van der Waals surface area contributed by atoms with Gasteiger partial charge in [-0.05, 0) is 35.4 Å². The molecule has 6 rings (SSSR count). The number of nitrogens with one attached hydrogen (secondary N) is 1. The summed E-state index contributed by atoms with van der Waals surface area (Å²) in [7, 11) is 0. The van der Waals surface area contributed by atoms with Gasteiger partial charge in [-0.15, -0.1) is 0 Å². The van der Waals surface area contributed by atoms with Crippen LogP contribution in [-0.4, -0.2) is 25.4 Å². The molecule has 0 unspecified atom stereocenters. The number of amides is 1. The van der Waals surface area contributed by atoms with Gasteiger partial charge in [-0.1, -0.05) is 54.1 Å². The minimum absolute atomic E-state index is 0.264. The van der Waals surface area contributed by atoms with Crippen LogP contribution in [0.4, 0.5) is 0 Å². The van der Waals surface area contributed by atoms with Gasteiger partial charge in [-0.2, -0.15) is 0 Å². The number of aromatic nitrogens is 4. The van der Waals surface area contributed by atoms with Crippen LogP contribution in [0.5, 0.6) is 0 Å². The SMILES string of the molecule is NC(=O)c1cncc(-c2cccc(Cl)c2-c2ccc3c(=O)n(-c4cncc5ccccc45)c(=O)[nH]c3c2)c1. The summed E-state index contributed by atoms with van der Waals surface area (Å²) in [6.45, 7) is 0. The zero-order chi connectivity index (χ0) is 26.4. The summed E-state index contributed by atoms with van der Waals surface area (Å²) in [5, 5.41) is 2.32. The third-order valence-corrected chi connectivity index (χ3v) is 6.74. The lowest BCUT2D eigenvalue weighted by molar-refractivity contribution is 0.1000. The molecule has 8 nitrogen and oxygen atoms in total. The normalized spacial score (nSPS) is 11.2. The lowest BCUT2D eigenvalue weighted by atomic mass is 9.94. The summed E-state index contributed by atoms with van der Waals surface area (Å²) in [5.41, 5.74) is 8.09. The van der Waals surface area contributed by atoms with Crippen LogP contribution in [0.1, 0.15) is 10.4 Å². The summed E-state index contributed by atoms with van der Waals surface area (Å²) < 4.78 is 1.10. The summed E-state index contributed by atoms with van der Waals surface area (Å²) in [5.74, 6) is -0.594. The average molecular weight is 520 g/mol. The van der Waals surface area contributed by atoms with E-state index in [1.54, 1.807) is 48.8 Å². The van der Waals surface area contributed by atoms with Crippen molar-refractivity contribution in [2.45, 2.75) is 0 Å². The minimum Gasteiger partial charge on any atom is -0.366 e. The Morgan fingerprint density at radius 2 is 1.66 bits per heavy atom. The Balaban J connectivity index is 1.55. The molecule has 38 heavy (non-hydrogen) atoms. The lowest BCUT2D eigenvalue weighted by Crippen LogP contribution is -2.33. The maximum absolute atomic E-state index is 13.5. The van der Waals surface area contributed by atoms with E-state index in [4.69, 9.17) is 17.3 Å². The second-order valence-electron chi connectivity index (χ2n) is 8.70.